The molecule has 0 aliphatic carbocycles. The number of nitrogens with zero attached hydrogens (tertiary/aromatic N) is 1. The molecule has 0 radical (unpaired) electrons. The largest absolute Gasteiger partial charge is 0.490 e. The number of alkyl halides is 1. The van der Waals surface area contributed by atoms with Gasteiger partial charge in [0.25, 0.3) is 5.56 Å². The Labute approximate surface area is 189 Å². The highest BCUT2D eigenvalue weighted by molar-refractivity contribution is 7.66. The smallest absolute Gasteiger partial charge is 0.384 e. The van der Waals surface area contributed by atoms with Crippen molar-refractivity contribution in [3.05, 3.63) is 45.3 Å². The van der Waals surface area contributed by atoms with E-state index in [9.17, 15) is 47.7 Å². The number of H-pyrrole nitrogens is 1. The molecular weight excluding hydrogens is 536 g/mol. The molecule has 3 unspecified atom stereocenters. The van der Waals surface area contributed by atoms with Crippen molar-refractivity contribution in [1.29, 1.82) is 0 Å². The van der Waals surface area contributed by atoms with Crippen molar-refractivity contribution in [3.8, 4) is 0 Å². The van der Waals surface area contributed by atoms with Gasteiger partial charge in [0.05, 0.1) is 6.61 Å². The van der Waals surface area contributed by atoms with E-state index in [0.717, 1.165) is 31.5 Å². The van der Waals surface area contributed by atoms with Gasteiger partial charge in [0, 0.05) is 19.4 Å². The number of phosphoric ester groups is 1. The summed E-state index contributed by atoms with van der Waals surface area (Å²) in [5.41, 5.74) is -7.79. The number of phosphoric acid groups is 3. The highest BCUT2D eigenvalue weighted by Gasteiger charge is 2.53. The Bertz CT molecular complexity index is 1140. The fourth-order valence-electron chi connectivity index (χ4n) is 2.54. The molecule has 0 bridgehead atoms. The zero-order chi connectivity index (χ0) is 26.6. The van der Waals surface area contributed by atoms with Gasteiger partial charge in [0.2, 0.25) is 0 Å². The lowest BCUT2D eigenvalue weighted by Crippen LogP contribution is -2.63. The highest BCUT2D eigenvalue weighted by Crippen LogP contribution is 2.66. The molecule has 0 aliphatic rings. The second-order valence-corrected chi connectivity index (χ2v) is 10.9. The number of rotatable bonds is 13. The first-order valence-electron chi connectivity index (χ1n) is 8.63. The van der Waals surface area contributed by atoms with Gasteiger partial charge in [-0.1, -0.05) is 6.08 Å². The maximum absolute atomic E-state index is 14.1. The Kier molecular flexibility index (Phi) is 10.0. The molecule has 1 aromatic heterocycles. The van der Waals surface area contributed by atoms with E-state index in [1.54, 1.807) is 4.98 Å². The zero-order valence-electron chi connectivity index (χ0n) is 17.3. The number of allylic oxidation sites excluding steroid dienone is 1. The van der Waals surface area contributed by atoms with Gasteiger partial charge in [0.1, 0.15) is 12.8 Å². The molecule has 5 atom stereocenters. The molecule has 0 saturated carbocycles. The van der Waals surface area contributed by atoms with Gasteiger partial charge in [-0.05, 0) is 13.0 Å². The van der Waals surface area contributed by atoms with Crippen LogP contribution in [0.3, 0.4) is 0 Å². The van der Waals surface area contributed by atoms with E-state index in [1.807, 2.05) is 0 Å². The van der Waals surface area contributed by atoms with Crippen LogP contribution in [0.4, 0.5) is 4.39 Å². The Morgan fingerprint density at radius 1 is 1.18 bits per heavy atom. The van der Waals surface area contributed by atoms with E-state index < -0.39 is 65.4 Å². The molecule has 34 heavy (non-hydrogen) atoms. The van der Waals surface area contributed by atoms with Crippen molar-refractivity contribution in [2.45, 2.75) is 24.4 Å². The molecular formula is C13H22FN2O15P3. The molecule has 1 heterocycles. The predicted octanol–water partition coefficient (Wildman–Crippen LogP) is -1.18. The quantitative estimate of drug-likeness (QED) is 0.111. The predicted molar refractivity (Wildman–Crippen MR) is 108 cm³/mol. The maximum atomic E-state index is 14.1. The summed E-state index contributed by atoms with van der Waals surface area (Å²) in [6.45, 7) is -1.97. The normalized spacial score (nSPS) is 20.7. The monoisotopic (exact) mass is 558 g/mol. The molecule has 0 spiro atoms. The van der Waals surface area contributed by atoms with Crippen LogP contribution in [-0.4, -0.2) is 71.4 Å². The fraction of sp³-hybridized carbons (Fsp3) is 0.538. The minimum absolute atomic E-state index is 0.368. The minimum atomic E-state index is -5.90. The topological polar surface area (TPSA) is 264 Å². The second-order valence-electron chi connectivity index (χ2n) is 6.43. The van der Waals surface area contributed by atoms with E-state index >= 15 is 0 Å². The molecule has 1 rings (SSSR count). The summed E-state index contributed by atoms with van der Waals surface area (Å²) in [6, 6.07) is 0.776. The lowest BCUT2D eigenvalue weighted by atomic mass is 9.89. The maximum Gasteiger partial charge on any atom is 0.490 e. The Hall–Kier alpha value is -1.36. The van der Waals surface area contributed by atoms with E-state index in [0.29, 0.717) is 4.57 Å². The van der Waals surface area contributed by atoms with Crippen molar-refractivity contribution < 1.29 is 65.8 Å². The highest BCUT2D eigenvalue weighted by atomic mass is 31.3. The van der Waals surface area contributed by atoms with Gasteiger partial charge in [-0.25, -0.2) is 22.9 Å². The minimum Gasteiger partial charge on any atom is -0.384 e. The standard InChI is InChI=1S/C13H22FN2O15P3/c1-3-5-13(20,16-6-4-9(17)15-11(16)19)10(18)12(7-14,28-2)8-29-33(24,25)31-34(26,27)30-32(21,22)23/h3-6,10,18,20H,7-8H2,1-2H3,(H,24,25)(H,26,27)(H,15,17,19)(H2,21,22,23)/b5-3+/t10-,12?,13-/m1/s1. The van der Waals surface area contributed by atoms with Crippen molar-refractivity contribution in [1.82, 2.24) is 9.55 Å². The Balaban J connectivity index is 3.35. The molecule has 17 nitrogen and oxygen atoms in total. The lowest BCUT2D eigenvalue weighted by molar-refractivity contribution is -0.215. The van der Waals surface area contributed by atoms with E-state index in [-0.39, 0.29) is 0 Å². The summed E-state index contributed by atoms with van der Waals surface area (Å²) in [5, 5.41) is 21.8. The van der Waals surface area contributed by atoms with Crippen molar-refractivity contribution in [2.75, 3.05) is 20.4 Å². The summed E-state index contributed by atoms with van der Waals surface area (Å²) < 4.78 is 64.7. The van der Waals surface area contributed by atoms with Crippen LogP contribution in [0, 0.1) is 0 Å². The van der Waals surface area contributed by atoms with Crippen LogP contribution in [0.15, 0.2) is 34.0 Å². The van der Waals surface area contributed by atoms with Gasteiger partial charge < -0.3 is 34.5 Å². The molecule has 21 heteroatoms. The first-order chi connectivity index (χ1) is 15.4. The van der Waals surface area contributed by atoms with Gasteiger partial charge in [-0.3, -0.25) is 18.9 Å². The van der Waals surface area contributed by atoms with E-state index in [2.05, 4.69) is 13.1 Å². The summed E-state index contributed by atoms with van der Waals surface area (Å²) in [5.74, 6) is 0. The summed E-state index contributed by atoms with van der Waals surface area (Å²) in [4.78, 5) is 61.1. The second kappa shape index (κ2) is 11.1. The number of aromatic amines is 1. The number of hydrogen-bond donors (Lipinski definition) is 7. The van der Waals surface area contributed by atoms with Crippen LogP contribution in [0.2, 0.25) is 0 Å². The van der Waals surface area contributed by atoms with Crippen molar-refractivity contribution >= 4 is 23.5 Å². The number of ether oxygens (including phenoxy) is 1. The van der Waals surface area contributed by atoms with Crippen LogP contribution in [0.25, 0.3) is 0 Å². The van der Waals surface area contributed by atoms with Gasteiger partial charge >= 0.3 is 29.2 Å². The Morgan fingerprint density at radius 2 is 1.76 bits per heavy atom. The number of aliphatic hydroxyl groups excluding tert-OH is 1. The van der Waals surface area contributed by atoms with Crippen LogP contribution >= 0.6 is 23.5 Å². The first kappa shape index (κ1) is 30.7. The lowest BCUT2D eigenvalue weighted by Gasteiger charge is -2.42. The molecule has 1 aromatic rings. The van der Waals surface area contributed by atoms with Gasteiger partial charge in [-0.15, -0.1) is 0 Å². The molecule has 196 valence electrons. The first-order valence-corrected chi connectivity index (χ1v) is 13.2. The average Bonchev–Trinajstić information content (AvgIpc) is 2.66. The van der Waals surface area contributed by atoms with E-state index in [4.69, 9.17) is 14.5 Å². The third-order valence-electron chi connectivity index (χ3n) is 4.04. The van der Waals surface area contributed by atoms with Gasteiger partial charge in [0.15, 0.2) is 11.3 Å². The molecule has 0 saturated heterocycles. The van der Waals surface area contributed by atoms with Crippen molar-refractivity contribution in [2.24, 2.45) is 0 Å². The number of aliphatic hydroxyl groups is 2. The van der Waals surface area contributed by atoms with Crippen LogP contribution in [-0.2, 0) is 37.3 Å². The molecule has 7 N–H and O–H groups in total. The molecule has 0 amide bonds. The Morgan fingerprint density at radius 3 is 2.21 bits per heavy atom. The number of halogens is 1. The van der Waals surface area contributed by atoms with Crippen LogP contribution in [0.5, 0.6) is 0 Å². The summed E-state index contributed by atoms with van der Waals surface area (Å²) in [7, 11) is -16.6. The molecule has 0 fully saturated rings. The van der Waals surface area contributed by atoms with Gasteiger partial charge in [-0.2, -0.15) is 8.62 Å². The third-order valence-corrected chi connectivity index (χ3v) is 7.83. The SMILES string of the molecule is C/C=C/[C@@](O)([C@H](O)C(CF)(COP(=O)(O)OP(=O)(O)OP(=O)(O)O)OC)n1ccc(=O)[nH]c1=O. The average molecular weight is 558 g/mol. The zero-order valence-corrected chi connectivity index (χ0v) is 20.0. The summed E-state index contributed by atoms with van der Waals surface area (Å²) >= 11 is 0. The van der Waals surface area contributed by atoms with E-state index in [1.165, 1.54) is 6.92 Å². The number of nitrogens with one attached hydrogen (secondary N) is 1. The third kappa shape index (κ3) is 7.83. The summed E-state index contributed by atoms with van der Waals surface area (Å²) in [6.07, 6.45) is 0.0979. The molecule has 0 aliphatic heterocycles. The van der Waals surface area contributed by atoms with Crippen LogP contribution < -0.4 is 11.2 Å². The van der Waals surface area contributed by atoms with Crippen molar-refractivity contribution in [3.63, 3.8) is 0 Å². The number of aromatic nitrogens is 2. The van der Waals surface area contributed by atoms with Crippen LogP contribution in [0.1, 0.15) is 6.92 Å². The number of methoxy groups -OCH3 is 1. The number of hydrogen-bond acceptors (Lipinski definition) is 11. The molecule has 0 aromatic carbocycles. The fourth-order valence-corrected chi connectivity index (χ4v) is 5.62.